The number of carbonyl (C=O) groups is 1. The summed E-state index contributed by atoms with van der Waals surface area (Å²) < 4.78 is 1.91. The zero-order valence-corrected chi connectivity index (χ0v) is 12.0. The summed E-state index contributed by atoms with van der Waals surface area (Å²) in [4.78, 5) is 18.7. The molecule has 0 N–H and O–H groups in total. The summed E-state index contributed by atoms with van der Waals surface area (Å²) in [6.45, 7) is 6.88. The van der Waals surface area contributed by atoms with E-state index in [9.17, 15) is 4.79 Å². The second-order valence-electron chi connectivity index (χ2n) is 5.86. The molecule has 20 heavy (non-hydrogen) atoms. The van der Waals surface area contributed by atoms with Crippen molar-refractivity contribution in [2.75, 3.05) is 13.1 Å². The number of fused-ring (bicyclic) bond motifs is 1. The van der Waals surface area contributed by atoms with Crippen LogP contribution in [0, 0.1) is 5.92 Å². The fraction of sp³-hybridized carbons (Fsp3) is 0.533. The minimum Gasteiger partial charge on any atom is -0.339 e. The molecule has 0 bridgehead atoms. The van der Waals surface area contributed by atoms with Crippen LogP contribution in [-0.4, -0.2) is 38.7 Å². The van der Waals surface area contributed by atoms with E-state index in [1.54, 1.807) is 12.4 Å². The predicted octanol–water partition coefficient (Wildman–Crippen LogP) is 2.32. The van der Waals surface area contributed by atoms with Crippen molar-refractivity contribution >= 4 is 16.9 Å². The van der Waals surface area contributed by atoms with Crippen LogP contribution in [0.3, 0.4) is 0 Å². The second kappa shape index (κ2) is 5.23. The van der Waals surface area contributed by atoms with E-state index < -0.39 is 0 Å². The van der Waals surface area contributed by atoms with Crippen LogP contribution in [0.5, 0.6) is 0 Å². The zero-order valence-electron chi connectivity index (χ0n) is 12.0. The van der Waals surface area contributed by atoms with E-state index in [-0.39, 0.29) is 5.91 Å². The highest BCUT2D eigenvalue weighted by Crippen LogP contribution is 2.17. The molecule has 1 fully saturated rings. The highest BCUT2D eigenvalue weighted by molar-refractivity contribution is 5.96. The van der Waals surface area contributed by atoms with Crippen molar-refractivity contribution in [3.05, 3.63) is 24.0 Å². The molecule has 1 aliphatic heterocycles. The number of aromatic nitrogens is 3. The number of nitrogens with zero attached hydrogens (tertiary/aromatic N) is 4. The lowest BCUT2D eigenvalue weighted by Crippen LogP contribution is -2.27. The van der Waals surface area contributed by atoms with Crippen LogP contribution in [0.2, 0.25) is 0 Å². The lowest BCUT2D eigenvalue weighted by atomic mass is 10.2. The minimum absolute atomic E-state index is 0.0912. The van der Waals surface area contributed by atoms with Gasteiger partial charge in [0.05, 0.1) is 11.8 Å². The SMILES string of the molecule is CC(C)Cn1ncc2cc(C(=O)N3CCCC3)cnc21. The summed E-state index contributed by atoms with van der Waals surface area (Å²) in [6.07, 6.45) is 5.69. The lowest BCUT2D eigenvalue weighted by Gasteiger charge is -2.14. The molecule has 0 aliphatic carbocycles. The monoisotopic (exact) mass is 272 g/mol. The summed E-state index contributed by atoms with van der Waals surface area (Å²) in [5, 5.41) is 5.30. The van der Waals surface area contributed by atoms with Gasteiger partial charge in [-0.2, -0.15) is 5.10 Å². The summed E-state index contributed by atoms with van der Waals surface area (Å²) in [6, 6.07) is 1.91. The van der Waals surface area contributed by atoms with Gasteiger partial charge in [0.1, 0.15) is 0 Å². The first-order chi connectivity index (χ1) is 9.65. The van der Waals surface area contributed by atoms with Gasteiger partial charge < -0.3 is 4.90 Å². The third kappa shape index (κ3) is 2.40. The van der Waals surface area contributed by atoms with Gasteiger partial charge in [-0.3, -0.25) is 4.79 Å². The third-order valence-electron chi connectivity index (χ3n) is 3.65. The summed E-state index contributed by atoms with van der Waals surface area (Å²) in [7, 11) is 0. The Morgan fingerprint density at radius 1 is 1.30 bits per heavy atom. The fourth-order valence-electron chi connectivity index (χ4n) is 2.67. The smallest absolute Gasteiger partial charge is 0.255 e. The summed E-state index contributed by atoms with van der Waals surface area (Å²) in [5.41, 5.74) is 1.53. The van der Waals surface area contributed by atoms with Crippen LogP contribution in [0.1, 0.15) is 37.0 Å². The topological polar surface area (TPSA) is 51.0 Å². The molecule has 5 heteroatoms. The predicted molar refractivity (Wildman–Crippen MR) is 77.5 cm³/mol. The molecule has 2 aromatic heterocycles. The molecule has 0 atom stereocenters. The molecule has 3 heterocycles. The van der Waals surface area contributed by atoms with E-state index in [1.165, 1.54) is 0 Å². The Morgan fingerprint density at radius 2 is 2.05 bits per heavy atom. The number of carbonyl (C=O) groups excluding carboxylic acids is 1. The Hall–Kier alpha value is -1.91. The molecule has 2 aromatic rings. The quantitative estimate of drug-likeness (QED) is 0.861. The van der Waals surface area contributed by atoms with E-state index >= 15 is 0 Å². The standard InChI is InChI=1S/C15H20N4O/c1-11(2)10-19-14-12(9-17-19)7-13(8-16-14)15(20)18-5-3-4-6-18/h7-9,11H,3-6,10H2,1-2H3. The van der Waals surface area contributed by atoms with Crippen molar-refractivity contribution in [3.63, 3.8) is 0 Å². The first kappa shape index (κ1) is 13.1. The Labute approximate surface area is 118 Å². The van der Waals surface area contributed by atoms with Crippen LogP contribution < -0.4 is 0 Å². The van der Waals surface area contributed by atoms with Gasteiger partial charge in [-0.15, -0.1) is 0 Å². The van der Waals surface area contributed by atoms with Crippen molar-refractivity contribution in [1.29, 1.82) is 0 Å². The molecule has 106 valence electrons. The Morgan fingerprint density at radius 3 is 2.75 bits per heavy atom. The number of hydrogen-bond acceptors (Lipinski definition) is 3. The number of likely N-dealkylation sites (tertiary alicyclic amines) is 1. The van der Waals surface area contributed by atoms with Crippen molar-refractivity contribution in [2.24, 2.45) is 5.92 Å². The molecule has 0 aromatic carbocycles. The highest BCUT2D eigenvalue weighted by atomic mass is 16.2. The molecule has 1 aliphatic rings. The van der Waals surface area contributed by atoms with E-state index in [1.807, 2.05) is 15.6 Å². The second-order valence-corrected chi connectivity index (χ2v) is 5.86. The van der Waals surface area contributed by atoms with Crippen molar-refractivity contribution in [1.82, 2.24) is 19.7 Å². The van der Waals surface area contributed by atoms with Crippen LogP contribution in [0.25, 0.3) is 11.0 Å². The van der Waals surface area contributed by atoms with E-state index in [0.29, 0.717) is 11.5 Å². The molecule has 1 saturated heterocycles. The average molecular weight is 272 g/mol. The van der Waals surface area contributed by atoms with Gasteiger partial charge in [0, 0.05) is 31.2 Å². The van der Waals surface area contributed by atoms with E-state index in [2.05, 4.69) is 23.9 Å². The van der Waals surface area contributed by atoms with Crippen molar-refractivity contribution in [2.45, 2.75) is 33.2 Å². The van der Waals surface area contributed by atoms with Crippen LogP contribution in [-0.2, 0) is 6.54 Å². The van der Waals surface area contributed by atoms with Crippen LogP contribution in [0.15, 0.2) is 18.5 Å². The molecule has 3 rings (SSSR count). The van der Waals surface area contributed by atoms with Gasteiger partial charge in [-0.05, 0) is 24.8 Å². The Kier molecular flexibility index (Phi) is 3.42. The highest BCUT2D eigenvalue weighted by Gasteiger charge is 2.20. The van der Waals surface area contributed by atoms with Crippen molar-refractivity contribution in [3.8, 4) is 0 Å². The maximum absolute atomic E-state index is 12.3. The molecule has 1 amide bonds. The zero-order chi connectivity index (χ0) is 14.1. The van der Waals surface area contributed by atoms with Gasteiger partial charge in [0.2, 0.25) is 0 Å². The fourth-order valence-corrected chi connectivity index (χ4v) is 2.67. The normalized spacial score (nSPS) is 15.4. The van der Waals surface area contributed by atoms with Gasteiger partial charge in [0.25, 0.3) is 5.91 Å². The molecule has 0 saturated carbocycles. The third-order valence-corrected chi connectivity index (χ3v) is 3.65. The summed E-state index contributed by atoms with van der Waals surface area (Å²) >= 11 is 0. The minimum atomic E-state index is 0.0912. The number of amides is 1. The number of rotatable bonds is 3. The number of hydrogen-bond donors (Lipinski definition) is 0. The molecule has 0 spiro atoms. The Balaban J connectivity index is 1.89. The number of pyridine rings is 1. The van der Waals surface area contributed by atoms with Crippen LogP contribution >= 0.6 is 0 Å². The first-order valence-electron chi connectivity index (χ1n) is 7.26. The average Bonchev–Trinajstić information content (AvgIpc) is 3.07. The van der Waals surface area contributed by atoms with Gasteiger partial charge in [-0.1, -0.05) is 13.8 Å². The van der Waals surface area contributed by atoms with E-state index in [4.69, 9.17) is 0 Å². The first-order valence-corrected chi connectivity index (χ1v) is 7.26. The molecule has 5 nitrogen and oxygen atoms in total. The largest absolute Gasteiger partial charge is 0.339 e. The molecule has 0 unspecified atom stereocenters. The maximum atomic E-state index is 12.3. The molecular formula is C15H20N4O. The van der Waals surface area contributed by atoms with Gasteiger partial charge in [0.15, 0.2) is 5.65 Å². The van der Waals surface area contributed by atoms with Crippen molar-refractivity contribution < 1.29 is 4.79 Å². The maximum Gasteiger partial charge on any atom is 0.255 e. The Bertz CT molecular complexity index is 626. The van der Waals surface area contributed by atoms with Gasteiger partial charge in [-0.25, -0.2) is 9.67 Å². The lowest BCUT2D eigenvalue weighted by molar-refractivity contribution is 0.0792. The van der Waals surface area contributed by atoms with Crippen LogP contribution in [0.4, 0.5) is 0 Å². The molecule has 0 radical (unpaired) electrons. The molecular weight excluding hydrogens is 252 g/mol. The van der Waals surface area contributed by atoms with E-state index in [0.717, 1.165) is 43.5 Å². The summed E-state index contributed by atoms with van der Waals surface area (Å²) in [5.74, 6) is 0.610. The van der Waals surface area contributed by atoms with Gasteiger partial charge >= 0.3 is 0 Å².